The molecule has 1 aromatic heterocycles. The predicted octanol–water partition coefficient (Wildman–Crippen LogP) is 6.51. The second-order valence-corrected chi connectivity index (χ2v) is 9.22. The molecule has 180 valence electrons. The number of benzene rings is 2. The first kappa shape index (κ1) is 25.3. The summed E-state index contributed by atoms with van der Waals surface area (Å²) in [5, 5.41) is 27.9. The number of amides is 2. The number of carbonyl (C=O) groups excluding carboxylic acids is 1. The van der Waals surface area contributed by atoms with E-state index in [1.165, 1.54) is 0 Å². The lowest BCUT2D eigenvalue weighted by Gasteiger charge is -2.07. The van der Waals surface area contributed by atoms with Crippen LogP contribution in [-0.2, 0) is 13.0 Å². The van der Waals surface area contributed by atoms with Crippen LogP contribution in [-0.4, -0.2) is 32.5 Å². The normalized spacial score (nSPS) is 11.4. The van der Waals surface area contributed by atoms with Crippen LogP contribution in [0.1, 0.15) is 54.9 Å². The number of primary amides is 1. The largest absolute Gasteiger partial charge is 0.493 e. The van der Waals surface area contributed by atoms with Gasteiger partial charge in [-0.1, -0.05) is 43.4 Å². The molecule has 8 nitrogen and oxygen atoms in total. The minimum atomic E-state index is -0.923. The molecule has 0 aliphatic rings. The zero-order valence-corrected chi connectivity index (χ0v) is 20.1. The summed E-state index contributed by atoms with van der Waals surface area (Å²) >= 11 is 1.69. The number of hydrogen-bond donors (Lipinski definition) is 3. The van der Waals surface area contributed by atoms with Gasteiger partial charge in [-0.3, -0.25) is 0 Å². The van der Waals surface area contributed by atoms with Crippen molar-refractivity contribution in [1.82, 2.24) is 4.57 Å². The van der Waals surface area contributed by atoms with Crippen molar-refractivity contribution in [1.29, 1.82) is 0 Å². The van der Waals surface area contributed by atoms with E-state index in [4.69, 9.17) is 10.8 Å². The Balaban J connectivity index is 1.71. The maximum absolute atomic E-state index is 11.1. The summed E-state index contributed by atoms with van der Waals surface area (Å²) in [6, 6.07) is 12.0. The Morgan fingerprint density at radius 3 is 2.50 bits per heavy atom. The molecule has 3 rings (SSSR count). The van der Waals surface area contributed by atoms with Crippen LogP contribution in [0.2, 0.25) is 0 Å². The number of azo groups is 1. The Morgan fingerprint density at radius 1 is 1.06 bits per heavy atom. The van der Waals surface area contributed by atoms with E-state index < -0.39 is 12.0 Å². The van der Waals surface area contributed by atoms with E-state index in [2.05, 4.69) is 17.2 Å². The van der Waals surface area contributed by atoms with Crippen molar-refractivity contribution in [2.24, 2.45) is 16.0 Å². The number of unbranched alkanes of at least 4 members (excludes halogenated alkanes) is 3. The van der Waals surface area contributed by atoms with Gasteiger partial charge >= 0.3 is 12.0 Å². The quantitative estimate of drug-likeness (QED) is 0.154. The number of rotatable bonds is 12. The smallest absolute Gasteiger partial charge is 0.356 e. The molecule has 0 fully saturated rings. The van der Waals surface area contributed by atoms with Crippen LogP contribution in [0.15, 0.2) is 57.6 Å². The van der Waals surface area contributed by atoms with Gasteiger partial charge in [0.25, 0.3) is 0 Å². The highest BCUT2D eigenvalue weighted by Gasteiger charge is 2.17. The lowest BCUT2D eigenvalue weighted by molar-refractivity contribution is 0.0697. The fourth-order valence-corrected chi connectivity index (χ4v) is 4.68. The van der Waals surface area contributed by atoms with Crippen molar-refractivity contribution in [2.75, 3.05) is 5.75 Å². The summed E-state index contributed by atoms with van der Waals surface area (Å²) < 4.78 is 1.82. The third-order valence-corrected chi connectivity index (χ3v) is 6.62. The fraction of sp³-hybridized carbons (Fsp3) is 0.360. The molecule has 0 bridgehead atoms. The Hall–Kier alpha value is -3.33. The molecule has 1 heterocycles. The Labute approximate surface area is 202 Å². The van der Waals surface area contributed by atoms with Crippen molar-refractivity contribution in [3.63, 3.8) is 0 Å². The summed E-state index contributed by atoms with van der Waals surface area (Å²) in [5.41, 5.74) is 7.60. The van der Waals surface area contributed by atoms with E-state index in [0.29, 0.717) is 6.54 Å². The number of aromatic carboxylic acids is 1. The van der Waals surface area contributed by atoms with Gasteiger partial charge in [0, 0.05) is 16.8 Å². The molecule has 0 aliphatic heterocycles. The Bertz CT molecular complexity index is 1170. The molecule has 2 amide bonds. The van der Waals surface area contributed by atoms with Gasteiger partial charge in [-0.15, -0.1) is 16.9 Å². The maximum atomic E-state index is 11.1. The van der Waals surface area contributed by atoms with Gasteiger partial charge in [-0.05, 0) is 60.9 Å². The first-order valence-corrected chi connectivity index (χ1v) is 12.4. The van der Waals surface area contributed by atoms with Crippen LogP contribution in [0.3, 0.4) is 0 Å². The Morgan fingerprint density at radius 2 is 1.82 bits per heavy atom. The standard InChI is InChI=1S/C25H30N4O4S/c1-2-3-4-5-14-29-21-13-12-19(16-20(21)22(23(29)30)27-28-25(26)33)34-15-6-7-17-8-10-18(11-9-17)24(31)32/h8-13,16,30H,2-7,14-15H2,1H3,(H2,26,33)(H,31,32). The topological polar surface area (TPSA) is 130 Å². The van der Waals surface area contributed by atoms with Crippen molar-refractivity contribution in [3.8, 4) is 5.88 Å². The third-order valence-electron chi connectivity index (χ3n) is 5.54. The summed E-state index contributed by atoms with van der Waals surface area (Å²) in [6.45, 7) is 2.81. The van der Waals surface area contributed by atoms with Crippen LogP contribution in [0, 0.1) is 0 Å². The molecule has 0 saturated heterocycles. The predicted molar refractivity (Wildman–Crippen MR) is 134 cm³/mol. The van der Waals surface area contributed by atoms with Gasteiger partial charge in [0.05, 0.1) is 11.1 Å². The number of aromatic hydroxyl groups is 1. The van der Waals surface area contributed by atoms with Gasteiger partial charge < -0.3 is 20.5 Å². The van der Waals surface area contributed by atoms with Gasteiger partial charge in [0.2, 0.25) is 5.88 Å². The van der Waals surface area contributed by atoms with Gasteiger partial charge in [-0.25, -0.2) is 9.59 Å². The van der Waals surface area contributed by atoms with Gasteiger partial charge in [0.15, 0.2) is 5.69 Å². The number of thioether (sulfide) groups is 1. The maximum Gasteiger partial charge on any atom is 0.356 e. The first-order chi connectivity index (χ1) is 16.4. The number of fused-ring (bicyclic) bond motifs is 1. The second kappa shape index (κ2) is 12.2. The molecular formula is C25H30N4O4S. The molecule has 9 heteroatoms. The van der Waals surface area contributed by atoms with E-state index in [-0.39, 0.29) is 17.1 Å². The number of carbonyl (C=O) groups is 2. The van der Waals surface area contributed by atoms with E-state index in [9.17, 15) is 14.7 Å². The van der Waals surface area contributed by atoms with E-state index in [1.807, 2.05) is 34.9 Å². The molecule has 0 spiro atoms. The zero-order valence-electron chi connectivity index (χ0n) is 19.2. The van der Waals surface area contributed by atoms with E-state index >= 15 is 0 Å². The minimum absolute atomic E-state index is 0.0107. The van der Waals surface area contributed by atoms with Crippen molar-refractivity contribution >= 4 is 40.4 Å². The number of aryl methyl sites for hydroxylation is 2. The van der Waals surface area contributed by atoms with Crippen LogP contribution < -0.4 is 5.73 Å². The zero-order chi connectivity index (χ0) is 24.5. The number of aromatic nitrogens is 1. The number of urea groups is 1. The van der Waals surface area contributed by atoms with E-state index in [1.54, 1.807) is 23.9 Å². The van der Waals surface area contributed by atoms with Crippen molar-refractivity contribution in [2.45, 2.75) is 56.9 Å². The molecule has 4 N–H and O–H groups in total. The van der Waals surface area contributed by atoms with Gasteiger partial charge in [0.1, 0.15) is 0 Å². The van der Waals surface area contributed by atoms with Crippen LogP contribution >= 0.6 is 11.8 Å². The molecule has 0 unspecified atom stereocenters. The number of hydrogen-bond acceptors (Lipinski definition) is 5. The third kappa shape index (κ3) is 6.60. The van der Waals surface area contributed by atoms with Gasteiger partial charge in [-0.2, -0.15) is 0 Å². The highest BCUT2D eigenvalue weighted by atomic mass is 32.2. The van der Waals surface area contributed by atoms with Crippen molar-refractivity contribution < 1.29 is 19.8 Å². The number of nitrogens with two attached hydrogens (primary N) is 1. The van der Waals surface area contributed by atoms with Crippen LogP contribution in [0.5, 0.6) is 5.88 Å². The average molecular weight is 483 g/mol. The highest BCUT2D eigenvalue weighted by Crippen LogP contribution is 2.41. The highest BCUT2D eigenvalue weighted by molar-refractivity contribution is 7.99. The molecule has 2 aromatic carbocycles. The SMILES string of the molecule is CCCCCCn1c(O)c(N=NC(N)=O)c2cc(SCCCc3ccc(C(=O)O)cc3)ccc21. The molecular weight excluding hydrogens is 452 g/mol. The molecule has 0 radical (unpaired) electrons. The van der Waals surface area contributed by atoms with Crippen molar-refractivity contribution in [3.05, 3.63) is 53.6 Å². The van der Waals surface area contributed by atoms with Crippen LogP contribution in [0.25, 0.3) is 10.9 Å². The molecule has 0 atom stereocenters. The molecule has 0 aliphatic carbocycles. The summed E-state index contributed by atoms with van der Waals surface area (Å²) in [7, 11) is 0. The number of carboxylic acid groups (broad SMARTS) is 1. The number of nitrogens with zero attached hydrogens (tertiary/aromatic N) is 3. The lowest BCUT2D eigenvalue weighted by atomic mass is 10.1. The summed E-state index contributed by atoms with van der Waals surface area (Å²) in [4.78, 5) is 23.1. The molecule has 34 heavy (non-hydrogen) atoms. The average Bonchev–Trinajstić information content (AvgIpc) is 3.08. The fourth-order valence-electron chi connectivity index (χ4n) is 3.79. The molecule has 0 saturated carbocycles. The summed E-state index contributed by atoms with van der Waals surface area (Å²) in [5.74, 6) is -0.0647. The monoisotopic (exact) mass is 482 g/mol. The number of carboxylic acids is 1. The first-order valence-electron chi connectivity index (χ1n) is 11.4. The second-order valence-electron chi connectivity index (χ2n) is 8.06. The van der Waals surface area contributed by atoms with Crippen LogP contribution in [0.4, 0.5) is 10.5 Å². The minimum Gasteiger partial charge on any atom is -0.493 e. The lowest BCUT2D eigenvalue weighted by Crippen LogP contribution is -2.01. The molecule has 3 aromatic rings. The van der Waals surface area contributed by atoms with E-state index in [0.717, 1.165) is 65.6 Å². The Kier molecular flexibility index (Phi) is 9.09. The summed E-state index contributed by atoms with van der Waals surface area (Å²) in [6.07, 6.45) is 6.04.